The first-order chi connectivity index (χ1) is 9.10. The molecular weight excluding hydrogens is 299 g/mol. The minimum absolute atomic E-state index is 0.425. The second-order valence-electron chi connectivity index (χ2n) is 3.93. The van der Waals surface area contributed by atoms with Gasteiger partial charge < -0.3 is 44.0 Å². The number of aliphatic carboxylic acids is 2. The summed E-state index contributed by atoms with van der Waals surface area (Å²) < 4.78 is 19.4. The third kappa shape index (κ3) is 5.00. The Kier molecular flexibility index (Phi) is 5.40. The van der Waals surface area contributed by atoms with Gasteiger partial charge in [0.15, 0.2) is 0 Å². The molecule has 0 bridgehead atoms. The number of phosphoric ester groups is 1. The topological polar surface area (TPSA) is 179 Å². The van der Waals surface area contributed by atoms with Crippen LogP contribution in [0.5, 0.6) is 0 Å². The van der Waals surface area contributed by atoms with Crippen LogP contribution in [0.15, 0.2) is 11.6 Å². The first kappa shape index (κ1) is 16.8. The Morgan fingerprint density at radius 3 is 2.50 bits per heavy atom. The van der Waals surface area contributed by atoms with Gasteiger partial charge in [0.1, 0.15) is 12.2 Å². The van der Waals surface area contributed by atoms with Gasteiger partial charge in [0.25, 0.3) is 7.82 Å². The second kappa shape index (κ2) is 6.44. The summed E-state index contributed by atoms with van der Waals surface area (Å²) in [6, 6.07) is 0. The van der Waals surface area contributed by atoms with Crippen LogP contribution < -0.4 is 15.1 Å². The highest BCUT2D eigenvalue weighted by molar-refractivity contribution is 7.44. The number of hydrogen-bond donors (Lipinski definition) is 2. The van der Waals surface area contributed by atoms with E-state index < -0.39 is 56.7 Å². The molecule has 0 saturated heterocycles. The van der Waals surface area contributed by atoms with Crippen molar-refractivity contribution in [3.63, 3.8) is 0 Å². The fourth-order valence-corrected chi connectivity index (χ4v) is 2.14. The Bertz CT molecular complexity index is 465. The minimum Gasteiger partial charge on any atom is -0.756 e. The molecule has 1 unspecified atom stereocenters. The number of aliphatic hydroxyl groups excluding tert-OH is 1. The van der Waals surface area contributed by atoms with Crippen molar-refractivity contribution in [1.82, 2.24) is 0 Å². The van der Waals surface area contributed by atoms with Crippen LogP contribution in [0.25, 0.3) is 0 Å². The lowest BCUT2D eigenvalue weighted by atomic mass is 9.92. The summed E-state index contributed by atoms with van der Waals surface area (Å²) in [5, 5.41) is 30.7. The molecule has 0 amide bonds. The van der Waals surface area contributed by atoms with Crippen molar-refractivity contribution >= 4 is 19.8 Å². The quantitative estimate of drug-likeness (QED) is 0.453. The van der Waals surface area contributed by atoms with Crippen LogP contribution in [0.2, 0.25) is 0 Å². The third-order valence-corrected chi connectivity index (χ3v) is 2.95. The first-order valence-electron chi connectivity index (χ1n) is 5.24. The number of aliphatic hydroxyl groups is 1. The molecule has 114 valence electrons. The molecule has 20 heavy (non-hydrogen) atoms. The van der Waals surface area contributed by atoms with E-state index in [1.54, 1.807) is 0 Å². The number of carbonyl (C=O) groups is 2. The summed E-state index contributed by atoms with van der Waals surface area (Å²) in [4.78, 5) is 40.1. The predicted molar refractivity (Wildman–Crippen MR) is 53.2 cm³/mol. The SMILES string of the molecule is O=C([O-])CO[C@@H]1CC(C(=O)[O-])=C[C@@H](OP(=O)([O-])O)[C@H]1O. The maximum atomic E-state index is 10.7. The lowest BCUT2D eigenvalue weighted by Gasteiger charge is -2.35. The summed E-state index contributed by atoms with van der Waals surface area (Å²) in [5.41, 5.74) is -0.461. The molecule has 10 nitrogen and oxygen atoms in total. The molecule has 0 spiro atoms. The van der Waals surface area contributed by atoms with Crippen molar-refractivity contribution in [2.75, 3.05) is 6.61 Å². The van der Waals surface area contributed by atoms with E-state index in [4.69, 9.17) is 4.89 Å². The predicted octanol–water partition coefficient (Wildman–Crippen LogP) is -4.59. The minimum atomic E-state index is -5.24. The Labute approximate surface area is 112 Å². The van der Waals surface area contributed by atoms with E-state index >= 15 is 0 Å². The number of phosphoric acid groups is 1. The zero-order chi connectivity index (χ0) is 15.5. The molecule has 1 aliphatic rings. The van der Waals surface area contributed by atoms with Crippen LogP contribution in [0.1, 0.15) is 6.42 Å². The summed E-state index contributed by atoms with van der Waals surface area (Å²) in [5.74, 6) is -3.29. The van der Waals surface area contributed by atoms with Gasteiger partial charge in [0, 0.05) is 6.42 Å². The van der Waals surface area contributed by atoms with Crippen LogP contribution in [0, 0.1) is 0 Å². The highest BCUT2D eigenvalue weighted by Gasteiger charge is 2.35. The zero-order valence-corrected chi connectivity index (χ0v) is 10.7. The molecule has 0 aromatic rings. The van der Waals surface area contributed by atoms with Crippen molar-refractivity contribution in [3.05, 3.63) is 11.6 Å². The average Bonchev–Trinajstić information content (AvgIpc) is 2.27. The van der Waals surface area contributed by atoms with Crippen molar-refractivity contribution < 1.29 is 48.5 Å². The number of carbonyl (C=O) groups excluding carboxylic acids is 2. The van der Waals surface area contributed by atoms with Crippen LogP contribution >= 0.6 is 7.82 Å². The van der Waals surface area contributed by atoms with E-state index in [0.29, 0.717) is 0 Å². The first-order valence-corrected chi connectivity index (χ1v) is 6.73. The lowest BCUT2D eigenvalue weighted by molar-refractivity contribution is -0.311. The highest BCUT2D eigenvalue weighted by Crippen LogP contribution is 2.37. The zero-order valence-electron chi connectivity index (χ0n) is 9.83. The van der Waals surface area contributed by atoms with Gasteiger partial charge in [0.2, 0.25) is 0 Å². The molecule has 0 fully saturated rings. The highest BCUT2D eigenvalue weighted by atomic mass is 31.2. The van der Waals surface area contributed by atoms with Gasteiger partial charge in [-0.15, -0.1) is 0 Å². The van der Waals surface area contributed by atoms with Gasteiger partial charge in [0.05, 0.1) is 24.6 Å². The molecule has 1 aliphatic carbocycles. The van der Waals surface area contributed by atoms with Gasteiger partial charge >= 0.3 is 0 Å². The van der Waals surface area contributed by atoms with Crippen molar-refractivity contribution in [2.24, 2.45) is 0 Å². The summed E-state index contributed by atoms with van der Waals surface area (Å²) in [6.45, 7) is -0.942. The van der Waals surface area contributed by atoms with Crippen molar-refractivity contribution in [2.45, 2.75) is 24.7 Å². The fraction of sp³-hybridized carbons (Fsp3) is 0.556. The number of carboxylic acids is 2. The lowest BCUT2D eigenvalue weighted by Crippen LogP contribution is -2.46. The molecule has 4 atom stereocenters. The molecule has 0 aromatic carbocycles. The van der Waals surface area contributed by atoms with Gasteiger partial charge in [-0.3, -0.25) is 4.57 Å². The Morgan fingerprint density at radius 2 is 2.05 bits per heavy atom. The standard InChI is InChI=1S/C9H13O10P/c10-7(11)3-18-5-1-4(9(13)14)2-6(8(5)12)19-20(15,16)17/h2,5-6,8,12H,1,3H2,(H,10,11)(H,13,14)(H2,15,16,17)/p-3/t5-,6-,8+/m1/s1. The van der Waals surface area contributed by atoms with Gasteiger partial charge in [-0.05, 0) is 11.6 Å². The monoisotopic (exact) mass is 309 g/mol. The van der Waals surface area contributed by atoms with E-state index in [2.05, 4.69) is 9.26 Å². The Balaban J connectivity index is 2.91. The van der Waals surface area contributed by atoms with E-state index in [1.165, 1.54) is 0 Å². The van der Waals surface area contributed by atoms with E-state index in [-0.39, 0.29) is 0 Å². The molecule has 0 heterocycles. The number of ether oxygens (including phenoxy) is 1. The molecule has 11 heteroatoms. The van der Waals surface area contributed by atoms with Crippen LogP contribution in [0.4, 0.5) is 0 Å². The maximum absolute atomic E-state index is 10.7. The average molecular weight is 309 g/mol. The molecule has 0 radical (unpaired) electrons. The molecule has 0 aromatic heterocycles. The van der Waals surface area contributed by atoms with Crippen LogP contribution in [-0.4, -0.2) is 46.9 Å². The smallest absolute Gasteiger partial charge is 0.265 e. The second-order valence-corrected chi connectivity index (χ2v) is 5.08. The maximum Gasteiger partial charge on any atom is 0.265 e. The van der Waals surface area contributed by atoms with Gasteiger partial charge in [-0.2, -0.15) is 0 Å². The largest absolute Gasteiger partial charge is 0.756 e. The number of hydrogen-bond acceptors (Lipinski definition) is 9. The van der Waals surface area contributed by atoms with Crippen LogP contribution in [0.3, 0.4) is 0 Å². The number of rotatable bonds is 6. The van der Waals surface area contributed by atoms with Gasteiger partial charge in [-0.1, -0.05) is 0 Å². The third-order valence-electron chi connectivity index (χ3n) is 2.44. The molecule has 0 aliphatic heterocycles. The summed E-state index contributed by atoms with van der Waals surface area (Å²) in [7, 11) is -5.24. The molecular formula is C9H10O10P-3. The summed E-state index contributed by atoms with van der Waals surface area (Å²) >= 11 is 0. The Hall–Kier alpha value is -1.29. The summed E-state index contributed by atoms with van der Waals surface area (Å²) in [6.07, 6.45) is -4.50. The number of carboxylic acid groups (broad SMARTS) is 2. The Morgan fingerprint density at radius 1 is 1.45 bits per heavy atom. The van der Waals surface area contributed by atoms with E-state index in [0.717, 1.165) is 6.08 Å². The van der Waals surface area contributed by atoms with E-state index in [9.17, 15) is 34.4 Å². The normalized spacial score (nSPS) is 29.4. The van der Waals surface area contributed by atoms with E-state index in [1.807, 2.05) is 0 Å². The fourth-order valence-electron chi connectivity index (χ4n) is 1.64. The van der Waals surface area contributed by atoms with Gasteiger partial charge in [-0.25, -0.2) is 0 Å². The molecule has 1 rings (SSSR count). The van der Waals surface area contributed by atoms with Crippen molar-refractivity contribution in [1.29, 1.82) is 0 Å². The van der Waals surface area contributed by atoms with Crippen LogP contribution in [-0.2, 0) is 23.4 Å². The molecule has 0 saturated carbocycles. The van der Waals surface area contributed by atoms with Crippen molar-refractivity contribution in [3.8, 4) is 0 Å². The molecule has 2 N–H and O–H groups in total.